The Morgan fingerprint density at radius 3 is 2.36 bits per heavy atom. The second-order valence-electron chi connectivity index (χ2n) is 9.31. The first-order valence-electron chi connectivity index (χ1n) is 11.7. The molecule has 7 nitrogen and oxygen atoms in total. The van der Waals surface area contributed by atoms with Crippen LogP contribution in [0, 0.1) is 0 Å². The first kappa shape index (κ1) is 23.6. The van der Waals surface area contributed by atoms with Crippen LogP contribution in [-0.4, -0.2) is 58.9 Å². The van der Waals surface area contributed by atoms with Crippen molar-refractivity contribution < 1.29 is 13.2 Å². The first-order valence-corrected chi connectivity index (χ1v) is 13.1. The molecule has 2 fully saturated rings. The summed E-state index contributed by atoms with van der Waals surface area (Å²) in [6.07, 6.45) is 5.01. The number of benzene rings is 2. The minimum atomic E-state index is -3.54. The summed E-state index contributed by atoms with van der Waals surface area (Å²) in [5.74, 6) is -0.105. The zero-order valence-electron chi connectivity index (χ0n) is 19.5. The van der Waals surface area contributed by atoms with E-state index in [9.17, 15) is 13.2 Å². The molecule has 8 heteroatoms. The van der Waals surface area contributed by atoms with Crippen LogP contribution in [0.15, 0.2) is 53.4 Å². The molecule has 2 N–H and O–H groups in total. The molecule has 4 rings (SSSR count). The monoisotopic (exact) mass is 470 g/mol. The summed E-state index contributed by atoms with van der Waals surface area (Å²) < 4.78 is 27.8. The normalized spacial score (nSPS) is 17.9. The maximum atomic E-state index is 13.1. The highest BCUT2D eigenvalue weighted by molar-refractivity contribution is 7.89. The molecule has 0 unspecified atom stereocenters. The maximum Gasteiger partial charge on any atom is 0.243 e. The second kappa shape index (κ2) is 9.73. The van der Waals surface area contributed by atoms with Crippen LogP contribution in [-0.2, 0) is 20.2 Å². The van der Waals surface area contributed by atoms with Gasteiger partial charge in [0.15, 0.2) is 0 Å². The number of hydrogen-bond acceptors (Lipinski definition) is 5. The average molecular weight is 471 g/mol. The molecule has 0 spiro atoms. The number of amides is 1. The molecule has 1 saturated carbocycles. The third-order valence-electron chi connectivity index (χ3n) is 6.71. The Balaban J connectivity index is 1.42. The highest BCUT2D eigenvalue weighted by atomic mass is 32.2. The van der Waals surface area contributed by atoms with Gasteiger partial charge in [-0.15, -0.1) is 0 Å². The van der Waals surface area contributed by atoms with Crippen LogP contribution in [0.2, 0.25) is 0 Å². The topological polar surface area (TPSA) is 81.8 Å². The summed E-state index contributed by atoms with van der Waals surface area (Å²) >= 11 is 0. The molecule has 0 atom stereocenters. The van der Waals surface area contributed by atoms with Gasteiger partial charge >= 0.3 is 0 Å². The molecule has 1 amide bonds. The van der Waals surface area contributed by atoms with E-state index in [2.05, 4.69) is 22.8 Å². The van der Waals surface area contributed by atoms with Crippen molar-refractivity contribution in [2.45, 2.75) is 42.4 Å². The summed E-state index contributed by atoms with van der Waals surface area (Å²) in [4.78, 5) is 14.8. The van der Waals surface area contributed by atoms with Crippen LogP contribution in [0.5, 0.6) is 0 Å². The molecular weight excluding hydrogens is 436 g/mol. The van der Waals surface area contributed by atoms with Crippen molar-refractivity contribution in [3.05, 3.63) is 54.1 Å². The van der Waals surface area contributed by atoms with Crippen molar-refractivity contribution in [3.63, 3.8) is 0 Å². The fourth-order valence-electron chi connectivity index (χ4n) is 4.48. The SMILES string of the molecule is CN(C)c1ccc(S(=O)(=O)N2CCCCC2)cc1NCC(=O)NCC1(c2ccccc2)CC1. The molecule has 2 aromatic carbocycles. The van der Waals surface area contributed by atoms with Crippen LogP contribution in [0.4, 0.5) is 11.4 Å². The first-order chi connectivity index (χ1) is 15.8. The lowest BCUT2D eigenvalue weighted by molar-refractivity contribution is -0.119. The van der Waals surface area contributed by atoms with Gasteiger partial charge in [0.2, 0.25) is 15.9 Å². The molecule has 0 aromatic heterocycles. The zero-order valence-corrected chi connectivity index (χ0v) is 20.3. The van der Waals surface area contributed by atoms with E-state index in [1.165, 1.54) is 5.56 Å². The number of anilines is 2. The summed E-state index contributed by atoms with van der Waals surface area (Å²) in [6, 6.07) is 15.4. The predicted molar refractivity (Wildman–Crippen MR) is 132 cm³/mol. The van der Waals surface area contributed by atoms with Gasteiger partial charge in [0.25, 0.3) is 0 Å². The molecule has 1 aliphatic carbocycles. The van der Waals surface area contributed by atoms with Crippen LogP contribution in [0.25, 0.3) is 0 Å². The van der Waals surface area contributed by atoms with Gasteiger partial charge in [0.1, 0.15) is 0 Å². The largest absolute Gasteiger partial charge is 0.376 e. The van der Waals surface area contributed by atoms with E-state index < -0.39 is 10.0 Å². The summed E-state index contributed by atoms with van der Waals surface area (Å²) in [7, 11) is 0.255. The Bertz CT molecular complexity index is 1080. The lowest BCUT2D eigenvalue weighted by atomic mass is 9.96. The number of piperidine rings is 1. The van der Waals surface area contributed by atoms with Gasteiger partial charge in [-0.25, -0.2) is 8.42 Å². The van der Waals surface area contributed by atoms with Gasteiger partial charge < -0.3 is 15.5 Å². The smallest absolute Gasteiger partial charge is 0.243 e. The van der Waals surface area contributed by atoms with Crippen molar-refractivity contribution in [1.29, 1.82) is 0 Å². The Hall–Kier alpha value is -2.58. The summed E-state index contributed by atoms with van der Waals surface area (Å²) in [5.41, 5.74) is 2.79. The number of rotatable bonds is 9. The zero-order chi connectivity index (χ0) is 23.5. The fraction of sp³-hybridized carbons (Fsp3) is 0.480. The summed E-state index contributed by atoms with van der Waals surface area (Å²) in [6.45, 7) is 1.82. The van der Waals surface area contributed by atoms with Gasteiger partial charge in [-0.05, 0) is 49.4 Å². The molecule has 1 heterocycles. The van der Waals surface area contributed by atoms with E-state index in [0.717, 1.165) is 37.8 Å². The highest BCUT2D eigenvalue weighted by Gasteiger charge is 2.44. The molecule has 33 heavy (non-hydrogen) atoms. The standard InChI is InChI=1S/C25H34N4O3S/c1-28(2)23-12-11-21(33(31,32)29-15-7-4-8-16-29)17-22(23)26-18-24(30)27-19-25(13-14-25)20-9-5-3-6-10-20/h3,5-6,9-12,17,26H,4,7-8,13-16,18-19H2,1-2H3,(H,27,30). The molecule has 2 aliphatic rings. The number of hydrogen-bond donors (Lipinski definition) is 2. The number of nitrogens with one attached hydrogen (secondary N) is 2. The van der Waals surface area contributed by atoms with E-state index in [0.29, 0.717) is 25.3 Å². The quantitative estimate of drug-likeness (QED) is 0.588. The van der Waals surface area contributed by atoms with Gasteiger partial charge in [-0.2, -0.15) is 4.31 Å². The van der Waals surface area contributed by atoms with Gasteiger partial charge in [0.05, 0.1) is 22.8 Å². The van der Waals surface area contributed by atoms with Crippen molar-refractivity contribution in [3.8, 4) is 0 Å². The van der Waals surface area contributed by atoms with Crippen LogP contribution in [0.1, 0.15) is 37.7 Å². The minimum absolute atomic E-state index is 0.0498. The third-order valence-corrected chi connectivity index (χ3v) is 8.60. The van der Waals surface area contributed by atoms with Crippen molar-refractivity contribution in [1.82, 2.24) is 9.62 Å². The molecule has 1 saturated heterocycles. The van der Waals surface area contributed by atoms with E-state index >= 15 is 0 Å². The van der Waals surface area contributed by atoms with Crippen LogP contribution >= 0.6 is 0 Å². The number of sulfonamides is 1. The number of carbonyl (C=O) groups is 1. The Kier molecular flexibility index (Phi) is 6.95. The molecule has 0 bridgehead atoms. The molecule has 2 aromatic rings. The number of carbonyl (C=O) groups excluding carboxylic acids is 1. The van der Waals surface area contributed by atoms with Gasteiger partial charge in [-0.1, -0.05) is 36.8 Å². The third kappa shape index (κ3) is 5.33. The predicted octanol–water partition coefficient (Wildman–Crippen LogP) is 3.19. The molecule has 0 radical (unpaired) electrons. The van der Waals surface area contributed by atoms with Gasteiger partial charge in [-0.3, -0.25) is 4.79 Å². The van der Waals surface area contributed by atoms with Crippen molar-refractivity contribution in [2.75, 3.05) is 50.5 Å². The van der Waals surface area contributed by atoms with E-state index in [-0.39, 0.29) is 22.8 Å². The fourth-order valence-corrected chi connectivity index (χ4v) is 6.02. The molecule has 178 valence electrons. The van der Waals surface area contributed by atoms with Crippen LogP contribution in [0.3, 0.4) is 0 Å². The van der Waals surface area contributed by atoms with E-state index in [4.69, 9.17) is 0 Å². The lowest BCUT2D eigenvalue weighted by Gasteiger charge is -2.27. The average Bonchev–Trinajstić information content (AvgIpc) is 3.63. The second-order valence-corrected chi connectivity index (χ2v) is 11.3. The Labute approximate surface area is 197 Å². The van der Waals surface area contributed by atoms with Crippen LogP contribution < -0.4 is 15.5 Å². The summed E-state index contributed by atoms with van der Waals surface area (Å²) in [5, 5.41) is 6.23. The highest BCUT2D eigenvalue weighted by Crippen LogP contribution is 2.47. The molecular formula is C25H34N4O3S. The van der Waals surface area contributed by atoms with Gasteiger partial charge in [0, 0.05) is 39.1 Å². The van der Waals surface area contributed by atoms with Crippen molar-refractivity contribution >= 4 is 27.3 Å². The Morgan fingerprint density at radius 1 is 1.03 bits per heavy atom. The molecule has 1 aliphatic heterocycles. The number of nitrogens with zero attached hydrogens (tertiary/aromatic N) is 2. The lowest BCUT2D eigenvalue weighted by Crippen LogP contribution is -2.36. The van der Waals surface area contributed by atoms with E-state index in [1.54, 1.807) is 22.5 Å². The van der Waals surface area contributed by atoms with E-state index in [1.807, 2.05) is 37.2 Å². The van der Waals surface area contributed by atoms with Crippen molar-refractivity contribution in [2.24, 2.45) is 0 Å². The maximum absolute atomic E-state index is 13.1. The Morgan fingerprint density at radius 2 is 1.73 bits per heavy atom. The minimum Gasteiger partial charge on any atom is -0.376 e.